The van der Waals surface area contributed by atoms with Crippen LogP contribution < -0.4 is 5.32 Å². The van der Waals surface area contributed by atoms with Crippen molar-refractivity contribution in [1.29, 1.82) is 5.26 Å². The van der Waals surface area contributed by atoms with Gasteiger partial charge in [-0.05, 0) is 52.0 Å². The molecule has 2 rings (SSSR count). The second kappa shape index (κ2) is 13.5. The van der Waals surface area contributed by atoms with Crippen molar-refractivity contribution in [3.05, 3.63) is 35.9 Å². The molecule has 2 amide bonds. The lowest BCUT2D eigenvalue weighted by Crippen LogP contribution is -2.46. The first kappa shape index (κ1) is 28.7. The van der Waals surface area contributed by atoms with E-state index in [4.69, 9.17) is 16.4 Å². The number of hydrogen-bond acceptors (Lipinski definition) is 6. The fourth-order valence-electron chi connectivity index (χ4n) is 4.47. The number of nitrogens with zero attached hydrogens (tertiary/aromatic N) is 3. The van der Waals surface area contributed by atoms with Gasteiger partial charge in [-0.3, -0.25) is 9.69 Å². The summed E-state index contributed by atoms with van der Waals surface area (Å²) < 4.78 is 5.39. The molecule has 1 heterocycles. The fraction of sp³-hybridized carbons (Fsp3) is 0.556. The van der Waals surface area contributed by atoms with Gasteiger partial charge in [-0.2, -0.15) is 5.26 Å². The fourth-order valence-corrected chi connectivity index (χ4v) is 4.47. The smallest absolute Gasteiger partial charge is 0.407 e. The molecule has 1 aromatic rings. The maximum atomic E-state index is 12.3. The van der Waals surface area contributed by atoms with Crippen molar-refractivity contribution >= 4 is 18.5 Å². The second-order valence-electron chi connectivity index (χ2n) is 9.98. The van der Waals surface area contributed by atoms with E-state index in [1.165, 1.54) is 4.90 Å². The summed E-state index contributed by atoms with van der Waals surface area (Å²) in [6.07, 6.45) is 8.07. The third kappa shape index (κ3) is 8.90. The standard InChI is InChI=1S/C27H36N4O5/c1-5-22-17-21(29-26(35)36-27(2,3)4)18-31(22)23(12-11-20-9-7-6-8-10-20)14-16-30(19-32)24(13-15-28)25(33)34/h1,6-10,19,21-24H,11-14,16-18H2,2-4H3,(H,29,35)(H,33,34)/t21-,22-,23?,24-/m1/s1. The number of alkyl carbamates (subject to hydrolysis) is 1. The summed E-state index contributed by atoms with van der Waals surface area (Å²) in [7, 11) is 0. The van der Waals surface area contributed by atoms with Crippen molar-refractivity contribution in [3.63, 3.8) is 0 Å². The molecular weight excluding hydrogens is 460 g/mol. The largest absolute Gasteiger partial charge is 0.480 e. The Kier molecular flexibility index (Phi) is 10.8. The van der Waals surface area contributed by atoms with Gasteiger partial charge in [0.05, 0.1) is 18.5 Å². The Labute approximate surface area is 213 Å². The average Bonchev–Trinajstić information content (AvgIpc) is 3.22. The van der Waals surface area contributed by atoms with Gasteiger partial charge in [0.15, 0.2) is 0 Å². The molecule has 1 aliphatic heterocycles. The summed E-state index contributed by atoms with van der Waals surface area (Å²) >= 11 is 0. The highest BCUT2D eigenvalue weighted by molar-refractivity contribution is 5.76. The first-order valence-corrected chi connectivity index (χ1v) is 12.1. The maximum absolute atomic E-state index is 12.3. The van der Waals surface area contributed by atoms with Crippen LogP contribution in [0.4, 0.5) is 4.79 Å². The van der Waals surface area contributed by atoms with Crippen LogP contribution in [0.2, 0.25) is 0 Å². The Hall–Kier alpha value is -3.56. The molecule has 9 heteroatoms. The molecule has 1 saturated heterocycles. The van der Waals surface area contributed by atoms with E-state index in [0.29, 0.717) is 25.8 Å². The molecule has 1 unspecified atom stereocenters. The van der Waals surface area contributed by atoms with Crippen molar-refractivity contribution in [3.8, 4) is 18.4 Å². The molecule has 0 spiro atoms. The molecule has 4 atom stereocenters. The SMILES string of the molecule is C#C[C@@H]1C[C@@H](NC(=O)OC(C)(C)C)CN1C(CCc1ccccc1)CCN(C=O)[C@H](CC#N)C(=O)O. The minimum atomic E-state index is -1.21. The van der Waals surface area contributed by atoms with Crippen LogP contribution in [0.15, 0.2) is 30.3 Å². The Balaban J connectivity index is 2.17. The molecule has 1 aliphatic rings. The summed E-state index contributed by atoms with van der Waals surface area (Å²) in [4.78, 5) is 38.9. The van der Waals surface area contributed by atoms with Crippen LogP contribution in [0, 0.1) is 23.7 Å². The van der Waals surface area contributed by atoms with E-state index in [1.54, 1.807) is 20.8 Å². The van der Waals surface area contributed by atoms with E-state index in [2.05, 4.69) is 16.1 Å². The minimum Gasteiger partial charge on any atom is -0.480 e. The molecule has 0 aromatic heterocycles. The Morgan fingerprint density at radius 2 is 2.03 bits per heavy atom. The molecule has 9 nitrogen and oxygen atoms in total. The molecule has 0 radical (unpaired) electrons. The number of terminal acetylenes is 1. The van der Waals surface area contributed by atoms with Crippen LogP contribution in [-0.4, -0.2) is 76.2 Å². The van der Waals surface area contributed by atoms with Crippen LogP contribution in [0.25, 0.3) is 0 Å². The highest BCUT2D eigenvalue weighted by atomic mass is 16.6. The average molecular weight is 497 g/mol. The van der Waals surface area contributed by atoms with Crippen LogP contribution in [-0.2, 0) is 20.7 Å². The summed E-state index contributed by atoms with van der Waals surface area (Å²) in [5.41, 5.74) is 0.539. The van der Waals surface area contributed by atoms with Gasteiger partial charge in [0.1, 0.15) is 11.6 Å². The number of likely N-dealkylation sites (tertiary alicyclic amines) is 1. The van der Waals surface area contributed by atoms with Crippen LogP contribution in [0.1, 0.15) is 52.0 Å². The number of nitrogens with one attached hydrogen (secondary N) is 1. The molecule has 0 bridgehead atoms. The number of rotatable bonds is 12. The van der Waals surface area contributed by atoms with Gasteiger partial charge in [-0.15, -0.1) is 6.42 Å². The number of carboxylic acids is 1. The number of aliphatic carboxylic acids is 1. The molecule has 0 aliphatic carbocycles. The zero-order chi connectivity index (χ0) is 26.7. The van der Waals surface area contributed by atoms with Crippen molar-refractivity contribution in [2.24, 2.45) is 0 Å². The molecule has 1 aromatic carbocycles. The van der Waals surface area contributed by atoms with Crippen LogP contribution in [0.5, 0.6) is 0 Å². The predicted molar refractivity (Wildman–Crippen MR) is 135 cm³/mol. The summed E-state index contributed by atoms with van der Waals surface area (Å²) in [6, 6.07) is 10.1. The van der Waals surface area contributed by atoms with Gasteiger partial charge in [-0.1, -0.05) is 36.3 Å². The molecule has 2 N–H and O–H groups in total. The summed E-state index contributed by atoms with van der Waals surface area (Å²) in [5.74, 6) is 1.61. The Morgan fingerprint density at radius 1 is 1.33 bits per heavy atom. The van der Waals surface area contributed by atoms with Crippen molar-refractivity contribution in [1.82, 2.24) is 15.1 Å². The number of ether oxygens (including phenoxy) is 1. The number of nitriles is 1. The monoisotopic (exact) mass is 496 g/mol. The topological polar surface area (TPSA) is 123 Å². The number of hydrogen-bond donors (Lipinski definition) is 2. The predicted octanol–water partition coefficient (Wildman–Crippen LogP) is 2.80. The van der Waals surface area contributed by atoms with Gasteiger partial charge >= 0.3 is 12.1 Å². The van der Waals surface area contributed by atoms with E-state index in [-0.39, 0.29) is 31.1 Å². The lowest BCUT2D eigenvalue weighted by Gasteiger charge is -2.33. The van der Waals surface area contributed by atoms with E-state index in [9.17, 15) is 19.5 Å². The zero-order valence-electron chi connectivity index (χ0n) is 21.2. The quantitative estimate of drug-likeness (QED) is 0.337. The molecule has 194 valence electrons. The van der Waals surface area contributed by atoms with Crippen LogP contribution in [0.3, 0.4) is 0 Å². The molecular formula is C27H36N4O5. The molecule has 0 saturated carbocycles. The van der Waals surface area contributed by atoms with E-state index < -0.39 is 23.7 Å². The third-order valence-electron chi connectivity index (χ3n) is 6.16. The normalized spacial score (nSPS) is 19.4. The van der Waals surface area contributed by atoms with Gasteiger partial charge in [0.25, 0.3) is 0 Å². The Morgan fingerprint density at radius 3 is 2.58 bits per heavy atom. The van der Waals surface area contributed by atoms with Gasteiger partial charge in [0, 0.05) is 25.2 Å². The minimum absolute atomic E-state index is 0.0735. The van der Waals surface area contributed by atoms with E-state index in [0.717, 1.165) is 18.4 Å². The number of benzene rings is 1. The first-order chi connectivity index (χ1) is 17.1. The lowest BCUT2D eigenvalue weighted by atomic mass is 10.00. The van der Waals surface area contributed by atoms with Crippen molar-refractivity contribution < 1.29 is 24.2 Å². The number of carbonyl (C=O) groups is 3. The van der Waals surface area contributed by atoms with Crippen LogP contribution >= 0.6 is 0 Å². The highest BCUT2D eigenvalue weighted by Gasteiger charge is 2.37. The van der Waals surface area contributed by atoms with E-state index in [1.807, 2.05) is 36.4 Å². The number of amides is 2. The summed E-state index contributed by atoms with van der Waals surface area (Å²) in [5, 5.41) is 21.4. The second-order valence-corrected chi connectivity index (χ2v) is 9.98. The number of carboxylic acid groups (broad SMARTS) is 1. The van der Waals surface area contributed by atoms with Gasteiger partial charge < -0.3 is 20.1 Å². The van der Waals surface area contributed by atoms with E-state index >= 15 is 0 Å². The Bertz CT molecular complexity index is 963. The highest BCUT2D eigenvalue weighted by Crippen LogP contribution is 2.26. The first-order valence-electron chi connectivity index (χ1n) is 12.1. The number of carbonyl (C=O) groups excluding carboxylic acids is 2. The lowest BCUT2D eigenvalue weighted by molar-refractivity contribution is -0.146. The maximum Gasteiger partial charge on any atom is 0.407 e. The van der Waals surface area contributed by atoms with Gasteiger partial charge in [0.2, 0.25) is 6.41 Å². The summed E-state index contributed by atoms with van der Waals surface area (Å²) in [6.45, 7) is 6.07. The van der Waals surface area contributed by atoms with Crippen molar-refractivity contribution in [2.75, 3.05) is 13.1 Å². The van der Waals surface area contributed by atoms with Crippen molar-refractivity contribution in [2.45, 2.75) is 82.6 Å². The zero-order valence-corrected chi connectivity index (χ0v) is 21.2. The van der Waals surface area contributed by atoms with Gasteiger partial charge in [-0.25, -0.2) is 9.59 Å². The number of aryl methyl sites for hydroxylation is 1. The third-order valence-corrected chi connectivity index (χ3v) is 6.16. The molecule has 36 heavy (non-hydrogen) atoms. The molecule has 1 fully saturated rings.